The second-order valence-electron chi connectivity index (χ2n) is 4.16. The summed E-state index contributed by atoms with van der Waals surface area (Å²) in [4.78, 5) is 12.2. The average Bonchev–Trinajstić information content (AvgIpc) is 2.96. The van der Waals surface area contributed by atoms with Gasteiger partial charge in [-0.1, -0.05) is 6.92 Å². The van der Waals surface area contributed by atoms with Crippen LogP contribution in [0, 0.1) is 5.92 Å². The lowest BCUT2D eigenvalue weighted by Gasteiger charge is -2.14. The van der Waals surface area contributed by atoms with Crippen molar-refractivity contribution in [2.45, 2.75) is 39.3 Å². The van der Waals surface area contributed by atoms with Crippen molar-refractivity contribution in [2.75, 3.05) is 6.61 Å². The van der Waals surface area contributed by atoms with Gasteiger partial charge in [-0.25, -0.2) is 0 Å². The molecule has 88 valence electrons. The first kappa shape index (κ1) is 11.3. The summed E-state index contributed by atoms with van der Waals surface area (Å²) in [6.07, 6.45) is 5.33. The number of carbonyl (C=O) groups excluding carboxylic acids is 1. The molecule has 16 heavy (non-hydrogen) atoms. The first-order valence-corrected chi connectivity index (χ1v) is 5.94. The summed E-state index contributed by atoms with van der Waals surface area (Å²) < 4.78 is 7.32. The highest BCUT2D eigenvalue weighted by Gasteiger charge is 2.33. The number of hydrogen-bond acceptors (Lipinski definition) is 3. The molecule has 1 aromatic rings. The second kappa shape index (κ2) is 4.78. The standard InChI is InChI=1S/C12H18N2O2/c1-3-11-10(5-6-16-11)12(15)9-7-13-14(4-2)8-9/h7-8,10-11H,3-6H2,1-2H3. The maximum absolute atomic E-state index is 12.2. The third kappa shape index (κ3) is 2.02. The first-order valence-electron chi connectivity index (χ1n) is 5.94. The summed E-state index contributed by atoms with van der Waals surface area (Å²) in [6.45, 7) is 5.57. The Morgan fingerprint density at radius 1 is 1.62 bits per heavy atom. The highest BCUT2D eigenvalue weighted by molar-refractivity contribution is 5.97. The van der Waals surface area contributed by atoms with Crippen molar-refractivity contribution in [3.63, 3.8) is 0 Å². The van der Waals surface area contributed by atoms with Crippen LogP contribution in [-0.2, 0) is 11.3 Å². The predicted molar refractivity (Wildman–Crippen MR) is 60.4 cm³/mol. The number of carbonyl (C=O) groups is 1. The van der Waals surface area contributed by atoms with Crippen LogP contribution >= 0.6 is 0 Å². The van der Waals surface area contributed by atoms with Crippen molar-refractivity contribution in [3.8, 4) is 0 Å². The SMILES string of the molecule is CCC1OCCC1C(=O)c1cnn(CC)c1. The summed E-state index contributed by atoms with van der Waals surface area (Å²) in [7, 11) is 0. The molecule has 4 nitrogen and oxygen atoms in total. The van der Waals surface area contributed by atoms with Crippen molar-refractivity contribution in [2.24, 2.45) is 5.92 Å². The number of ether oxygens (including phenoxy) is 1. The van der Waals surface area contributed by atoms with Gasteiger partial charge in [0, 0.05) is 19.3 Å². The van der Waals surface area contributed by atoms with Crippen LogP contribution in [-0.4, -0.2) is 28.3 Å². The van der Waals surface area contributed by atoms with Gasteiger partial charge in [0.05, 0.1) is 23.8 Å². The lowest BCUT2D eigenvalue weighted by molar-refractivity contribution is 0.0689. The third-order valence-corrected chi connectivity index (χ3v) is 3.19. The molecule has 2 heterocycles. The molecule has 1 saturated heterocycles. The van der Waals surface area contributed by atoms with Gasteiger partial charge in [-0.3, -0.25) is 9.48 Å². The molecular formula is C12H18N2O2. The van der Waals surface area contributed by atoms with Gasteiger partial charge >= 0.3 is 0 Å². The first-order chi connectivity index (χ1) is 7.76. The van der Waals surface area contributed by atoms with Crippen molar-refractivity contribution in [1.82, 2.24) is 9.78 Å². The Bertz CT molecular complexity index is 373. The summed E-state index contributed by atoms with van der Waals surface area (Å²) in [6, 6.07) is 0. The Kier molecular flexibility index (Phi) is 3.39. The predicted octanol–water partition coefficient (Wildman–Crippen LogP) is 1.90. The van der Waals surface area contributed by atoms with E-state index in [1.807, 2.05) is 13.1 Å². The Hall–Kier alpha value is -1.16. The molecule has 2 atom stereocenters. The van der Waals surface area contributed by atoms with E-state index >= 15 is 0 Å². The monoisotopic (exact) mass is 222 g/mol. The minimum absolute atomic E-state index is 0.0273. The summed E-state index contributed by atoms with van der Waals surface area (Å²) >= 11 is 0. The fourth-order valence-corrected chi connectivity index (χ4v) is 2.23. The van der Waals surface area contributed by atoms with Gasteiger partial charge in [0.15, 0.2) is 5.78 Å². The smallest absolute Gasteiger partial charge is 0.171 e. The minimum atomic E-state index is 0.0273. The Morgan fingerprint density at radius 2 is 2.44 bits per heavy atom. The van der Waals surface area contributed by atoms with Crippen molar-refractivity contribution in [3.05, 3.63) is 18.0 Å². The molecular weight excluding hydrogens is 204 g/mol. The molecule has 0 radical (unpaired) electrons. The van der Waals surface area contributed by atoms with Crippen LogP contribution in [0.25, 0.3) is 0 Å². The molecule has 1 fully saturated rings. The molecule has 1 aliphatic rings. The maximum atomic E-state index is 12.2. The molecule has 1 aromatic heterocycles. The van der Waals surface area contributed by atoms with Gasteiger partial charge in [0.1, 0.15) is 0 Å². The van der Waals surface area contributed by atoms with Crippen LogP contribution in [0.1, 0.15) is 37.0 Å². The number of aromatic nitrogens is 2. The number of aryl methyl sites for hydroxylation is 1. The highest BCUT2D eigenvalue weighted by atomic mass is 16.5. The van der Waals surface area contributed by atoms with Crippen LogP contribution in [0.15, 0.2) is 12.4 Å². The number of rotatable bonds is 4. The summed E-state index contributed by atoms with van der Waals surface area (Å²) in [5, 5.41) is 4.13. The van der Waals surface area contributed by atoms with Crippen LogP contribution in [0.2, 0.25) is 0 Å². The summed E-state index contributed by atoms with van der Waals surface area (Å²) in [5.74, 6) is 0.212. The van der Waals surface area contributed by atoms with E-state index in [4.69, 9.17) is 4.74 Å². The van der Waals surface area contributed by atoms with Crippen LogP contribution in [0.5, 0.6) is 0 Å². The molecule has 2 unspecified atom stereocenters. The maximum Gasteiger partial charge on any atom is 0.171 e. The highest BCUT2D eigenvalue weighted by Crippen LogP contribution is 2.26. The summed E-state index contributed by atoms with van der Waals surface area (Å²) in [5.41, 5.74) is 0.718. The van der Waals surface area contributed by atoms with Gasteiger partial charge in [0.25, 0.3) is 0 Å². The second-order valence-corrected chi connectivity index (χ2v) is 4.16. The lowest BCUT2D eigenvalue weighted by atomic mass is 9.92. The number of nitrogens with zero attached hydrogens (tertiary/aromatic N) is 2. The topological polar surface area (TPSA) is 44.1 Å². The van der Waals surface area contributed by atoms with E-state index in [0.717, 1.165) is 24.9 Å². The molecule has 0 N–H and O–H groups in total. The van der Waals surface area contributed by atoms with E-state index in [0.29, 0.717) is 6.61 Å². The van der Waals surface area contributed by atoms with Gasteiger partial charge in [-0.15, -0.1) is 0 Å². The van der Waals surface area contributed by atoms with Crippen LogP contribution in [0.3, 0.4) is 0 Å². The minimum Gasteiger partial charge on any atom is -0.377 e. The zero-order chi connectivity index (χ0) is 11.5. The lowest BCUT2D eigenvalue weighted by Crippen LogP contribution is -2.23. The fourth-order valence-electron chi connectivity index (χ4n) is 2.23. The number of ketones is 1. The van der Waals surface area contributed by atoms with E-state index in [9.17, 15) is 4.79 Å². The van der Waals surface area contributed by atoms with E-state index in [1.165, 1.54) is 0 Å². The van der Waals surface area contributed by atoms with Crippen molar-refractivity contribution >= 4 is 5.78 Å². The normalized spacial score (nSPS) is 24.9. The number of hydrogen-bond donors (Lipinski definition) is 0. The number of Topliss-reactive ketones (excluding diaryl/α,β-unsaturated/α-hetero) is 1. The zero-order valence-corrected chi connectivity index (χ0v) is 9.85. The molecule has 2 rings (SSSR count). The van der Waals surface area contributed by atoms with Gasteiger partial charge < -0.3 is 4.74 Å². The van der Waals surface area contributed by atoms with E-state index in [1.54, 1.807) is 10.9 Å². The molecule has 4 heteroatoms. The Labute approximate surface area is 95.6 Å². The Balaban J connectivity index is 2.12. The fraction of sp³-hybridized carbons (Fsp3) is 0.667. The Morgan fingerprint density at radius 3 is 3.06 bits per heavy atom. The largest absolute Gasteiger partial charge is 0.377 e. The van der Waals surface area contributed by atoms with Crippen molar-refractivity contribution < 1.29 is 9.53 Å². The molecule has 1 aliphatic heterocycles. The van der Waals surface area contributed by atoms with Crippen LogP contribution < -0.4 is 0 Å². The van der Waals surface area contributed by atoms with E-state index in [2.05, 4.69) is 12.0 Å². The van der Waals surface area contributed by atoms with Gasteiger partial charge in [-0.2, -0.15) is 5.10 Å². The van der Waals surface area contributed by atoms with Crippen LogP contribution in [0.4, 0.5) is 0 Å². The third-order valence-electron chi connectivity index (χ3n) is 3.19. The molecule has 0 aromatic carbocycles. The molecule has 0 bridgehead atoms. The average molecular weight is 222 g/mol. The molecule has 0 aliphatic carbocycles. The van der Waals surface area contributed by atoms with Gasteiger partial charge in [-0.05, 0) is 19.8 Å². The van der Waals surface area contributed by atoms with E-state index < -0.39 is 0 Å². The molecule has 0 saturated carbocycles. The van der Waals surface area contributed by atoms with Gasteiger partial charge in [0.2, 0.25) is 0 Å². The molecule has 0 spiro atoms. The van der Waals surface area contributed by atoms with E-state index in [-0.39, 0.29) is 17.8 Å². The zero-order valence-electron chi connectivity index (χ0n) is 9.85. The molecule has 0 amide bonds. The van der Waals surface area contributed by atoms with Crippen molar-refractivity contribution in [1.29, 1.82) is 0 Å². The quantitative estimate of drug-likeness (QED) is 0.731.